The van der Waals surface area contributed by atoms with Crippen LogP contribution >= 0.6 is 11.3 Å². The summed E-state index contributed by atoms with van der Waals surface area (Å²) in [6.07, 6.45) is 1.25. The van der Waals surface area contributed by atoms with E-state index in [1.54, 1.807) is 11.3 Å². The highest BCUT2D eigenvalue weighted by Crippen LogP contribution is 2.38. The average molecular weight is 289 g/mol. The van der Waals surface area contributed by atoms with Crippen LogP contribution in [0.2, 0.25) is 0 Å². The molecule has 1 amide bonds. The van der Waals surface area contributed by atoms with Crippen molar-refractivity contribution in [1.82, 2.24) is 5.32 Å². The first kappa shape index (κ1) is 13.1. The van der Waals surface area contributed by atoms with E-state index >= 15 is 0 Å². The molecular formula is C15H15NO3S. The number of carboxylic acids is 1. The molecule has 3 rings (SSSR count). The third-order valence-corrected chi connectivity index (χ3v) is 4.71. The van der Waals surface area contributed by atoms with Crippen molar-refractivity contribution >= 4 is 33.3 Å². The van der Waals surface area contributed by atoms with Gasteiger partial charge in [0, 0.05) is 11.2 Å². The summed E-state index contributed by atoms with van der Waals surface area (Å²) in [5, 5.41) is 15.0. The smallest absolute Gasteiger partial charge is 0.307 e. The van der Waals surface area contributed by atoms with E-state index in [1.165, 1.54) is 15.6 Å². The first-order valence-corrected chi connectivity index (χ1v) is 7.50. The number of hydrogen-bond donors (Lipinski definition) is 2. The van der Waals surface area contributed by atoms with Gasteiger partial charge in [-0.1, -0.05) is 18.2 Å². The van der Waals surface area contributed by atoms with Crippen molar-refractivity contribution < 1.29 is 14.7 Å². The molecule has 1 aliphatic rings. The predicted octanol–water partition coefficient (Wildman–Crippen LogP) is 2.28. The van der Waals surface area contributed by atoms with Gasteiger partial charge in [-0.3, -0.25) is 9.59 Å². The Labute approximate surface area is 120 Å². The summed E-state index contributed by atoms with van der Waals surface area (Å²) in [5.74, 6) is -1.80. The molecule has 2 atom stereocenters. The van der Waals surface area contributed by atoms with Crippen molar-refractivity contribution in [2.75, 3.05) is 6.54 Å². The third kappa shape index (κ3) is 2.54. The van der Waals surface area contributed by atoms with Crippen LogP contribution < -0.4 is 5.32 Å². The van der Waals surface area contributed by atoms with Gasteiger partial charge in [0.05, 0.1) is 11.8 Å². The van der Waals surface area contributed by atoms with E-state index < -0.39 is 11.9 Å². The van der Waals surface area contributed by atoms with Gasteiger partial charge in [-0.05, 0) is 35.2 Å². The van der Waals surface area contributed by atoms with Gasteiger partial charge in [-0.15, -0.1) is 11.3 Å². The van der Waals surface area contributed by atoms with Crippen LogP contribution in [0.15, 0.2) is 29.6 Å². The van der Waals surface area contributed by atoms with Crippen molar-refractivity contribution in [3.05, 3.63) is 35.2 Å². The van der Waals surface area contributed by atoms with E-state index in [0.29, 0.717) is 13.0 Å². The summed E-state index contributed by atoms with van der Waals surface area (Å²) in [6, 6.07) is 8.20. The molecular weight excluding hydrogens is 274 g/mol. The standard InChI is InChI=1S/C15H15NO3S/c17-14(11-7-12(11)15(18)19)16-6-5-9-8-20-13-4-2-1-3-10(9)13/h1-4,8,11-12H,5-7H2,(H,16,17)(H,18,19). The van der Waals surface area contributed by atoms with Crippen LogP contribution in [0.4, 0.5) is 0 Å². The van der Waals surface area contributed by atoms with Gasteiger partial charge in [0.2, 0.25) is 5.91 Å². The molecule has 1 aromatic carbocycles. The van der Waals surface area contributed by atoms with Crippen LogP contribution in [0, 0.1) is 11.8 Å². The molecule has 0 radical (unpaired) electrons. The van der Waals surface area contributed by atoms with Crippen molar-refractivity contribution in [3.8, 4) is 0 Å². The fraction of sp³-hybridized carbons (Fsp3) is 0.333. The van der Waals surface area contributed by atoms with Crippen molar-refractivity contribution in [3.63, 3.8) is 0 Å². The number of hydrogen-bond acceptors (Lipinski definition) is 3. The molecule has 2 unspecified atom stereocenters. The molecule has 1 aromatic heterocycles. The van der Waals surface area contributed by atoms with Gasteiger partial charge >= 0.3 is 5.97 Å². The van der Waals surface area contributed by atoms with Crippen LogP contribution in [0.5, 0.6) is 0 Å². The molecule has 0 bridgehead atoms. The lowest BCUT2D eigenvalue weighted by atomic mass is 10.1. The zero-order chi connectivity index (χ0) is 14.1. The summed E-state index contributed by atoms with van der Waals surface area (Å²) in [7, 11) is 0. The topological polar surface area (TPSA) is 66.4 Å². The number of nitrogens with one attached hydrogen (secondary N) is 1. The minimum atomic E-state index is -0.867. The van der Waals surface area contributed by atoms with Gasteiger partial charge in [0.15, 0.2) is 0 Å². The quantitative estimate of drug-likeness (QED) is 0.887. The summed E-state index contributed by atoms with van der Waals surface area (Å²) in [4.78, 5) is 22.4. The molecule has 20 heavy (non-hydrogen) atoms. The SMILES string of the molecule is O=C(O)C1CC1C(=O)NCCc1csc2ccccc12. The van der Waals surface area contributed by atoms with E-state index in [2.05, 4.69) is 22.8 Å². The minimum absolute atomic E-state index is 0.128. The number of carbonyl (C=O) groups excluding carboxylic acids is 1. The summed E-state index contributed by atoms with van der Waals surface area (Å²) >= 11 is 1.71. The van der Waals surface area contributed by atoms with Gasteiger partial charge < -0.3 is 10.4 Å². The molecule has 4 nitrogen and oxygen atoms in total. The van der Waals surface area contributed by atoms with Gasteiger partial charge in [-0.2, -0.15) is 0 Å². The molecule has 1 heterocycles. The number of benzene rings is 1. The molecule has 0 spiro atoms. The number of thiophene rings is 1. The molecule has 104 valence electrons. The molecule has 0 aliphatic heterocycles. The Hall–Kier alpha value is -1.88. The van der Waals surface area contributed by atoms with Gasteiger partial charge in [0.25, 0.3) is 0 Å². The number of aliphatic carboxylic acids is 1. The van der Waals surface area contributed by atoms with E-state index in [4.69, 9.17) is 5.11 Å². The second-order valence-electron chi connectivity index (χ2n) is 5.09. The van der Waals surface area contributed by atoms with Crippen molar-refractivity contribution in [1.29, 1.82) is 0 Å². The minimum Gasteiger partial charge on any atom is -0.481 e. The van der Waals surface area contributed by atoms with Crippen LogP contribution in [0.25, 0.3) is 10.1 Å². The lowest BCUT2D eigenvalue weighted by Crippen LogP contribution is -2.28. The van der Waals surface area contributed by atoms with Crippen molar-refractivity contribution in [2.24, 2.45) is 11.8 Å². The van der Waals surface area contributed by atoms with Crippen LogP contribution in [0.3, 0.4) is 0 Å². The molecule has 1 fully saturated rings. The number of fused-ring (bicyclic) bond motifs is 1. The number of rotatable bonds is 5. The Bertz CT molecular complexity index is 664. The summed E-state index contributed by atoms with van der Waals surface area (Å²) in [5.41, 5.74) is 1.23. The van der Waals surface area contributed by atoms with Gasteiger partial charge in [-0.25, -0.2) is 0 Å². The van der Waals surface area contributed by atoms with Crippen LogP contribution in [0.1, 0.15) is 12.0 Å². The third-order valence-electron chi connectivity index (χ3n) is 3.70. The van der Waals surface area contributed by atoms with E-state index in [9.17, 15) is 9.59 Å². The average Bonchev–Trinajstić information content (AvgIpc) is 3.15. The fourth-order valence-corrected chi connectivity index (χ4v) is 3.43. The van der Waals surface area contributed by atoms with E-state index in [0.717, 1.165) is 6.42 Å². The monoisotopic (exact) mass is 289 g/mol. The van der Waals surface area contributed by atoms with Crippen LogP contribution in [-0.4, -0.2) is 23.5 Å². The number of carbonyl (C=O) groups is 2. The molecule has 2 N–H and O–H groups in total. The van der Waals surface area contributed by atoms with E-state index in [-0.39, 0.29) is 11.8 Å². The predicted molar refractivity (Wildman–Crippen MR) is 77.8 cm³/mol. The second-order valence-corrected chi connectivity index (χ2v) is 6.00. The zero-order valence-corrected chi connectivity index (χ0v) is 11.7. The zero-order valence-electron chi connectivity index (χ0n) is 10.8. The Morgan fingerprint density at radius 2 is 2.10 bits per heavy atom. The number of amides is 1. The maximum atomic E-state index is 11.7. The van der Waals surface area contributed by atoms with Crippen molar-refractivity contribution in [2.45, 2.75) is 12.8 Å². The largest absolute Gasteiger partial charge is 0.481 e. The lowest BCUT2D eigenvalue weighted by molar-refractivity contribution is -0.140. The summed E-state index contributed by atoms with van der Waals surface area (Å²) in [6.45, 7) is 0.558. The first-order chi connectivity index (χ1) is 9.66. The molecule has 1 saturated carbocycles. The fourth-order valence-electron chi connectivity index (χ4n) is 2.44. The maximum absolute atomic E-state index is 11.7. The highest BCUT2D eigenvalue weighted by atomic mass is 32.1. The normalized spacial score (nSPS) is 20.8. The first-order valence-electron chi connectivity index (χ1n) is 6.62. The Morgan fingerprint density at radius 3 is 2.85 bits per heavy atom. The number of carboxylic acid groups (broad SMARTS) is 1. The highest BCUT2D eigenvalue weighted by Gasteiger charge is 2.48. The Kier molecular flexibility index (Phi) is 3.44. The Balaban J connectivity index is 1.53. The summed E-state index contributed by atoms with van der Waals surface area (Å²) < 4.78 is 1.25. The lowest BCUT2D eigenvalue weighted by Gasteiger charge is -2.04. The second kappa shape index (κ2) is 5.25. The van der Waals surface area contributed by atoms with Gasteiger partial charge in [0.1, 0.15) is 0 Å². The van der Waals surface area contributed by atoms with Crippen LogP contribution in [-0.2, 0) is 16.0 Å². The molecule has 2 aromatic rings. The van der Waals surface area contributed by atoms with E-state index in [1.807, 2.05) is 12.1 Å². The molecule has 1 aliphatic carbocycles. The Morgan fingerprint density at radius 1 is 1.30 bits per heavy atom. The maximum Gasteiger partial charge on any atom is 0.307 e. The highest BCUT2D eigenvalue weighted by molar-refractivity contribution is 7.17. The molecule has 5 heteroatoms. The molecule has 0 saturated heterocycles.